The molecule has 124 valence electrons. The van der Waals surface area contributed by atoms with Crippen LogP contribution in [0.5, 0.6) is 0 Å². The maximum absolute atomic E-state index is 12.8. The highest BCUT2D eigenvalue weighted by atomic mass is 16.2. The first-order chi connectivity index (χ1) is 11.0. The van der Waals surface area contributed by atoms with Crippen LogP contribution in [0.3, 0.4) is 0 Å². The smallest absolute Gasteiger partial charge is 0.253 e. The molecular formula is C18H25N3O2. The number of likely N-dealkylation sites (tertiary alicyclic amines) is 1. The molecule has 0 aromatic heterocycles. The van der Waals surface area contributed by atoms with Gasteiger partial charge in [0, 0.05) is 43.9 Å². The quantitative estimate of drug-likeness (QED) is 0.921. The highest BCUT2D eigenvalue weighted by Crippen LogP contribution is 2.37. The van der Waals surface area contributed by atoms with Crippen LogP contribution >= 0.6 is 0 Å². The van der Waals surface area contributed by atoms with Gasteiger partial charge in [-0.3, -0.25) is 9.59 Å². The Morgan fingerprint density at radius 1 is 1.26 bits per heavy atom. The first kappa shape index (κ1) is 16.0. The Morgan fingerprint density at radius 2 is 2.00 bits per heavy atom. The van der Waals surface area contributed by atoms with E-state index in [2.05, 4.69) is 0 Å². The van der Waals surface area contributed by atoms with E-state index >= 15 is 0 Å². The molecule has 1 aliphatic heterocycles. The van der Waals surface area contributed by atoms with Gasteiger partial charge in [0.15, 0.2) is 0 Å². The van der Waals surface area contributed by atoms with Crippen LogP contribution in [0.2, 0.25) is 0 Å². The summed E-state index contributed by atoms with van der Waals surface area (Å²) in [5.74, 6) is 0.947. The van der Waals surface area contributed by atoms with E-state index in [1.54, 1.807) is 36.2 Å². The molecule has 5 heteroatoms. The first-order valence-electron chi connectivity index (χ1n) is 8.41. The Kier molecular flexibility index (Phi) is 4.39. The molecule has 2 aliphatic rings. The number of hydrogen-bond acceptors (Lipinski definition) is 3. The van der Waals surface area contributed by atoms with Gasteiger partial charge in [-0.15, -0.1) is 0 Å². The van der Waals surface area contributed by atoms with Crippen molar-refractivity contribution < 1.29 is 9.59 Å². The molecule has 1 saturated carbocycles. The highest BCUT2D eigenvalue weighted by molar-refractivity contribution is 5.99. The molecule has 3 atom stereocenters. The van der Waals surface area contributed by atoms with Crippen LogP contribution in [-0.2, 0) is 0 Å². The predicted octanol–water partition coefficient (Wildman–Crippen LogP) is 1.59. The largest absolute Gasteiger partial charge is 0.342 e. The number of carbonyl (C=O) groups is 2. The van der Waals surface area contributed by atoms with Crippen molar-refractivity contribution in [2.75, 3.05) is 26.7 Å². The lowest BCUT2D eigenvalue weighted by Gasteiger charge is -2.19. The maximum atomic E-state index is 12.8. The lowest BCUT2D eigenvalue weighted by molar-refractivity contribution is 0.0779. The molecule has 1 aromatic rings. The Hall–Kier alpha value is -1.88. The second-order valence-corrected chi connectivity index (χ2v) is 6.78. The Bertz CT molecular complexity index is 616. The van der Waals surface area contributed by atoms with Crippen LogP contribution in [0.15, 0.2) is 24.3 Å². The molecule has 1 saturated heterocycles. The summed E-state index contributed by atoms with van der Waals surface area (Å²) < 4.78 is 0. The zero-order valence-electron chi connectivity index (χ0n) is 13.9. The first-order valence-corrected chi connectivity index (χ1v) is 8.41. The monoisotopic (exact) mass is 315 g/mol. The average molecular weight is 315 g/mol. The molecule has 3 rings (SSSR count). The minimum atomic E-state index is -0.0533. The predicted molar refractivity (Wildman–Crippen MR) is 89.2 cm³/mol. The van der Waals surface area contributed by atoms with Crippen molar-refractivity contribution in [3.63, 3.8) is 0 Å². The SMILES string of the molecule is CCN(C)C(=O)c1cccc(C(=O)N2CC3CCC(N)C3C2)c1. The summed E-state index contributed by atoms with van der Waals surface area (Å²) in [6.07, 6.45) is 2.19. The van der Waals surface area contributed by atoms with Crippen molar-refractivity contribution >= 4 is 11.8 Å². The summed E-state index contributed by atoms with van der Waals surface area (Å²) in [4.78, 5) is 28.6. The van der Waals surface area contributed by atoms with E-state index in [0.717, 1.165) is 25.9 Å². The van der Waals surface area contributed by atoms with Gasteiger partial charge in [-0.2, -0.15) is 0 Å². The molecule has 3 unspecified atom stereocenters. The number of nitrogens with two attached hydrogens (primary N) is 1. The molecule has 1 heterocycles. The van der Waals surface area contributed by atoms with Crippen molar-refractivity contribution in [3.05, 3.63) is 35.4 Å². The summed E-state index contributed by atoms with van der Waals surface area (Å²) in [5, 5.41) is 0. The lowest BCUT2D eigenvalue weighted by Crippen LogP contribution is -2.33. The standard InChI is InChI=1S/C18H25N3O2/c1-3-20(2)17(22)12-5-4-6-13(9-12)18(23)21-10-14-7-8-16(19)15(14)11-21/h4-6,9,14-16H,3,7-8,10-11,19H2,1-2H3. The van der Waals surface area contributed by atoms with Crippen molar-refractivity contribution in [2.24, 2.45) is 17.6 Å². The van der Waals surface area contributed by atoms with E-state index in [4.69, 9.17) is 5.73 Å². The number of rotatable bonds is 3. The van der Waals surface area contributed by atoms with Crippen LogP contribution in [-0.4, -0.2) is 54.3 Å². The summed E-state index contributed by atoms with van der Waals surface area (Å²) in [5.41, 5.74) is 7.30. The summed E-state index contributed by atoms with van der Waals surface area (Å²) in [7, 11) is 1.76. The number of carbonyl (C=O) groups excluding carboxylic acids is 2. The minimum Gasteiger partial charge on any atom is -0.342 e. The van der Waals surface area contributed by atoms with Crippen LogP contribution in [0.4, 0.5) is 0 Å². The van der Waals surface area contributed by atoms with Crippen LogP contribution in [0.25, 0.3) is 0 Å². The van der Waals surface area contributed by atoms with E-state index in [1.165, 1.54) is 0 Å². The fourth-order valence-corrected chi connectivity index (χ4v) is 3.81. The molecule has 0 spiro atoms. The topological polar surface area (TPSA) is 66.6 Å². The zero-order valence-corrected chi connectivity index (χ0v) is 13.9. The van der Waals surface area contributed by atoms with Crippen molar-refractivity contribution in [1.29, 1.82) is 0 Å². The van der Waals surface area contributed by atoms with Crippen molar-refractivity contribution in [3.8, 4) is 0 Å². The van der Waals surface area contributed by atoms with Crippen molar-refractivity contribution in [2.45, 2.75) is 25.8 Å². The van der Waals surface area contributed by atoms with Gasteiger partial charge < -0.3 is 15.5 Å². The van der Waals surface area contributed by atoms with Gasteiger partial charge in [0.2, 0.25) is 0 Å². The van der Waals surface area contributed by atoms with Crippen LogP contribution in [0.1, 0.15) is 40.5 Å². The van der Waals surface area contributed by atoms with Gasteiger partial charge in [0.25, 0.3) is 11.8 Å². The molecule has 23 heavy (non-hydrogen) atoms. The van der Waals surface area contributed by atoms with E-state index in [9.17, 15) is 9.59 Å². The molecule has 5 nitrogen and oxygen atoms in total. The second-order valence-electron chi connectivity index (χ2n) is 6.78. The molecule has 2 fully saturated rings. The lowest BCUT2D eigenvalue weighted by atomic mass is 9.98. The molecule has 1 aliphatic carbocycles. The van der Waals surface area contributed by atoms with Crippen molar-refractivity contribution in [1.82, 2.24) is 9.80 Å². The molecule has 2 N–H and O–H groups in total. The van der Waals surface area contributed by atoms with Gasteiger partial charge in [-0.25, -0.2) is 0 Å². The van der Waals surface area contributed by atoms with Crippen LogP contribution in [0, 0.1) is 11.8 Å². The molecule has 0 radical (unpaired) electrons. The van der Waals surface area contributed by atoms with Gasteiger partial charge in [-0.05, 0) is 49.8 Å². The molecule has 2 amide bonds. The van der Waals surface area contributed by atoms with E-state index < -0.39 is 0 Å². The third-order valence-electron chi connectivity index (χ3n) is 5.38. The van der Waals surface area contributed by atoms with E-state index in [0.29, 0.717) is 29.5 Å². The minimum absolute atomic E-state index is 0.0143. The number of nitrogens with zero attached hydrogens (tertiary/aromatic N) is 2. The number of benzene rings is 1. The fraction of sp³-hybridized carbons (Fsp3) is 0.556. The van der Waals surface area contributed by atoms with Gasteiger partial charge in [0.1, 0.15) is 0 Å². The Morgan fingerprint density at radius 3 is 2.70 bits per heavy atom. The van der Waals surface area contributed by atoms with Gasteiger partial charge in [-0.1, -0.05) is 6.07 Å². The Balaban J connectivity index is 1.75. The van der Waals surface area contributed by atoms with E-state index in [1.807, 2.05) is 11.8 Å². The molecule has 0 bridgehead atoms. The number of amides is 2. The summed E-state index contributed by atoms with van der Waals surface area (Å²) in [6, 6.07) is 7.28. The number of fused-ring (bicyclic) bond motifs is 1. The summed E-state index contributed by atoms with van der Waals surface area (Å²) >= 11 is 0. The highest BCUT2D eigenvalue weighted by Gasteiger charge is 2.42. The molecular weight excluding hydrogens is 290 g/mol. The third-order valence-corrected chi connectivity index (χ3v) is 5.38. The fourth-order valence-electron chi connectivity index (χ4n) is 3.81. The third kappa shape index (κ3) is 2.98. The second kappa shape index (κ2) is 6.32. The number of hydrogen-bond donors (Lipinski definition) is 1. The normalized spacial score (nSPS) is 26.2. The maximum Gasteiger partial charge on any atom is 0.253 e. The molecule has 1 aromatic carbocycles. The van der Waals surface area contributed by atoms with Gasteiger partial charge >= 0.3 is 0 Å². The average Bonchev–Trinajstić information content (AvgIpc) is 3.15. The Labute approximate surface area is 137 Å². The summed E-state index contributed by atoms with van der Waals surface area (Å²) in [6.45, 7) is 4.12. The van der Waals surface area contributed by atoms with E-state index in [-0.39, 0.29) is 17.9 Å². The van der Waals surface area contributed by atoms with Crippen LogP contribution < -0.4 is 5.73 Å². The zero-order chi connectivity index (χ0) is 16.6. The van der Waals surface area contributed by atoms with Gasteiger partial charge in [0.05, 0.1) is 0 Å².